The van der Waals surface area contributed by atoms with Crippen LogP contribution in [0.15, 0.2) is 42.6 Å². The highest BCUT2D eigenvalue weighted by atomic mass is 16.1. The van der Waals surface area contributed by atoms with Crippen LogP contribution in [0.2, 0.25) is 0 Å². The standard InChI is InChI=1S/C18H12N4O/c1-11-5-6-15(17-16(11)14(9-20)10-21-17)22-18(23)13-4-2-3-12(7-13)8-19/h2-7,10,21H,1H3,(H,22,23). The Labute approximate surface area is 132 Å². The van der Waals surface area contributed by atoms with Crippen molar-refractivity contribution < 1.29 is 4.79 Å². The molecule has 0 aliphatic carbocycles. The quantitative estimate of drug-likeness (QED) is 0.759. The van der Waals surface area contributed by atoms with Crippen LogP contribution in [-0.2, 0) is 0 Å². The first-order chi connectivity index (χ1) is 11.1. The predicted octanol–water partition coefficient (Wildman–Crippen LogP) is 3.47. The third-order valence-corrected chi connectivity index (χ3v) is 3.67. The van der Waals surface area contributed by atoms with Crippen molar-refractivity contribution in [3.05, 3.63) is 64.8 Å². The van der Waals surface area contributed by atoms with Gasteiger partial charge in [0.25, 0.3) is 5.91 Å². The number of carbonyl (C=O) groups excluding carboxylic acids is 1. The van der Waals surface area contributed by atoms with E-state index in [1.54, 1.807) is 30.5 Å². The maximum atomic E-state index is 12.4. The summed E-state index contributed by atoms with van der Waals surface area (Å²) in [7, 11) is 0. The van der Waals surface area contributed by atoms with Crippen molar-refractivity contribution in [2.24, 2.45) is 0 Å². The van der Waals surface area contributed by atoms with Gasteiger partial charge in [-0.05, 0) is 36.8 Å². The fourth-order valence-electron chi connectivity index (χ4n) is 2.54. The van der Waals surface area contributed by atoms with E-state index < -0.39 is 0 Å². The van der Waals surface area contributed by atoms with Crippen LogP contribution in [-0.4, -0.2) is 10.9 Å². The molecule has 23 heavy (non-hydrogen) atoms. The van der Waals surface area contributed by atoms with Gasteiger partial charge in [-0.2, -0.15) is 10.5 Å². The van der Waals surface area contributed by atoms with Gasteiger partial charge in [0, 0.05) is 17.1 Å². The van der Waals surface area contributed by atoms with E-state index in [1.807, 2.05) is 19.1 Å². The van der Waals surface area contributed by atoms with E-state index in [1.165, 1.54) is 6.07 Å². The molecule has 0 atom stereocenters. The molecule has 1 amide bonds. The first kappa shape index (κ1) is 14.4. The lowest BCUT2D eigenvalue weighted by Crippen LogP contribution is -2.12. The smallest absolute Gasteiger partial charge is 0.255 e. The molecule has 110 valence electrons. The molecule has 3 rings (SSSR count). The van der Waals surface area contributed by atoms with Crippen LogP contribution in [0, 0.1) is 29.6 Å². The second kappa shape index (κ2) is 5.67. The van der Waals surface area contributed by atoms with E-state index in [9.17, 15) is 4.79 Å². The van der Waals surface area contributed by atoms with Gasteiger partial charge < -0.3 is 10.3 Å². The fourth-order valence-corrected chi connectivity index (χ4v) is 2.54. The average molecular weight is 300 g/mol. The molecular formula is C18H12N4O. The van der Waals surface area contributed by atoms with Gasteiger partial charge in [-0.3, -0.25) is 4.79 Å². The number of hydrogen-bond donors (Lipinski definition) is 2. The maximum Gasteiger partial charge on any atom is 0.255 e. The van der Waals surface area contributed by atoms with Crippen LogP contribution in [0.4, 0.5) is 5.69 Å². The number of anilines is 1. The molecule has 0 radical (unpaired) electrons. The second-order valence-electron chi connectivity index (χ2n) is 5.14. The average Bonchev–Trinajstić information content (AvgIpc) is 3.02. The zero-order valence-electron chi connectivity index (χ0n) is 12.3. The largest absolute Gasteiger partial charge is 0.358 e. The van der Waals surface area contributed by atoms with Crippen LogP contribution >= 0.6 is 0 Å². The molecule has 0 saturated carbocycles. The van der Waals surface area contributed by atoms with Crippen molar-refractivity contribution in [2.45, 2.75) is 6.92 Å². The molecule has 0 spiro atoms. The molecule has 0 aliphatic heterocycles. The number of hydrogen-bond acceptors (Lipinski definition) is 3. The van der Waals surface area contributed by atoms with E-state index in [4.69, 9.17) is 10.5 Å². The molecule has 0 saturated heterocycles. The lowest BCUT2D eigenvalue weighted by atomic mass is 10.1. The Balaban J connectivity index is 2.00. The lowest BCUT2D eigenvalue weighted by molar-refractivity contribution is 0.102. The highest BCUT2D eigenvalue weighted by molar-refractivity contribution is 6.09. The van der Waals surface area contributed by atoms with Crippen LogP contribution < -0.4 is 5.32 Å². The fraction of sp³-hybridized carbons (Fsp3) is 0.0556. The number of nitrogens with one attached hydrogen (secondary N) is 2. The van der Waals surface area contributed by atoms with Crippen molar-refractivity contribution in [1.29, 1.82) is 10.5 Å². The Morgan fingerprint density at radius 3 is 2.74 bits per heavy atom. The van der Waals surface area contributed by atoms with Gasteiger partial charge in [0.15, 0.2) is 0 Å². The summed E-state index contributed by atoms with van der Waals surface area (Å²) < 4.78 is 0. The molecule has 0 fully saturated rings. The number of aromatic nitrogens is 1. The maximum absolute atomic E-state index is 12.4. The van der Waals surface area contributed by atoms with Crippen molar-refractivity contribution in [3.63, 3.8) is 0 Å². The Kier molecular flexibility index (Phi) is 3.54. The van der Waals surface area contributed by atoms with E-state index in [2.05, 4.69) is 16.4 Å². The summed E-state index contributed by atoms with van der Waals surface area (Å²) in [6.07, 6.45) is 1.63. The Morgan fingerprint density at radius 1 is 1.17 bits per heavy atom. The van der Waals surface area contributed by atoms with Crippen molar-refractivity contribution in [3.8, 4) is 12.1 Å². The molecular weight excluding hydrogens is 288 g/mol. The molecule has 2 N–H and O–H groups in total. The van der Waals surface area contributed by atoms with Crippen molar-refractivity contribution in [2.75, 3.05) is 5.32 Å². The minimum atomic E-state index is -0.305. The number of rotatable bonds is 2. The second-order valence-corrected chi connectivity index (χ2v) is 5.14. The number of nitrogens with zero attached hydrogens (tertiary/aromatic N) is 2. The zero-order valence-corrected chi connectivity index (χ0v) is 12.3. The number of fused-ring (bicyclic) bond motifs is 1. The van der Waals surface area contributed by atoms with Gasteiger partial charge in [-0.1, -0.05) is 12.1 Å². The highest BCUT2D eigenvalue weighted by Crippen LogP contribution is 2.28. The predicted molar refractivity (Wildman–Crippen MR) is 86.9 cm³/mol. The number of nitriles is 2. The molecule has 0 bridgehead atoms. The summed E-state index contributed by atoms with van der Waals surface area (Å²) >= 11 is 0. The Bertz CT molecular complexity index is 1000. The van der Waals surface area contributed by atoms with Crippen LogP contribution in [0.1, 0.15) is 27.0 Å². The zero-order chi connectivity index (χ0) is 16.4. The number of amides is 1. The molecule has 1 heterocycles. The summed E-state index contributed by atoms with van der Waals surface area (Å²) in [5, 5.41) is 21.7. The number of benzene rings is 2. The van der Waals surface area contributed by atoms with E-state index in [0.717, 1.165) is 10.9 Å². The molecule has 5 heteroatoms. The molecule has 0 aliphatic rings. The summed E-state index contributed by atoms with van der Waals surface area (Å²) in [6, 6.07) is 14.3. The lowest BCUT2D eigenvalue weighted by Gasteiger charge is -2.08. The van der Waals surface area contributed by atoms with E-state index >= 15 is 0 Å². The molecule has 1 aromatic heterocycles. The van der Waals surface area contributed by atoms with Gasteiger partial charge in [0.05, 0.1) is 28.4 Å². The summed E-state index contributed by atoms with van der Waals surface area (Å²) in [5.41, 5.74) is 3.65. The van der Waals surface area contributed by atoms with Crippen LogP contribution in [0.25, 0.3) is 10.9 Å². The first-order valence-corrected chi connectivity index (χ1v) is 6.96. The minimum Gasteiger partial charge on any atom is -0.358 e. The molecule has 5 nitrogen and oxygen atoms in total. The Hall–Kier alpha value is -3.57. The number of aromatic amines is 1. The highest BCUT2D eigenvalue weighted by Gasteiger charge is 2.13. The van der Waals surface area contributed by atoms with Crippen LogP contribution in [0.3, 0.4) is 0 Å². The van der Waals surface area contributed by atoms with Crippen molar-refractivity contribution >= 4 is 22.5 Å². The third kappa shape index (κ3) is 2.52. The number of carbonyl (C=O) groups is 1. The summed E-state index contributed by atoms with van der Waals surface area (Å²) in [4.78, 5) is 15.4. The van der Waals surface area contributed by atoms with Crippen molar-refractivity contribution in [1.82, 2.24) is 4.98 Å². The minimum absolute atomic E-state index is 0.305. The normalized spacial score (nSPS) is 10.0. The van der Waals surface area contributed by atoms with Crippen LogP contribution in [0.5, 0.6) is 0 Å². The third-order valence-electron chi connectivity index (χ3n) is 3.67. The van der Waals surface area contributed by atoms with E-state index in [0.29, 0.717) is 27.9 Å². The van der Waals surface area contributed by atoms with Gasteiger partial charge in [-0.25, -0.2) is 0 Å². The molecule has 2 aromatic carbocycles. The topological polar surface area (TPSA) is 92.5 Å². The SMILES string of the molecule is Cc1ccc(NC(=O)c2cccc(C#N)c2)c2[nH]cc(C#N)c12. The van der Waals surface area contributed by atoms with Gasteiger partial charge in [0.2, 0.25) is 0 Å². The molecule has 3 aromatic rings. The van der Waals surface area contributed by atoms with E-state index in [-0.39, 0.29) is 5.91 Å². The van der Waals surface area contributed by atoms with Gasteiger partial charge in [-0.15, -0.1) is 0 Å². The summed E-state index contributed by atoms with van der Waals surface area (Å²) in [6.45, 7) is 1.92. The number of aryl methyl sites for hydroxylation is 1. The first-order valence-electron chi connectivity index (χ1n) is 6.96. The summed E-state index contributed by atoms with van der Waals surface area (Å²) in [5.74, 6) is -0.305. The van der Waals surface area contributed by atoms with Gasteiger partial charge >= 0.3 is 0 Å². The monoisotopic (exact) mass is 300 g/mol. The number of H-pyrrole nitrogens is 1. The molecule has 0 unspecified atom stereocenters. The van der Waals surface area contributed by atoms with Gasteiger partial charge in [0.1, 0.15) is 6.07 Å². The Morgan fingerprint density at radius 2 is 2.00 bits per heavy atom.